The summed E-state index contributed by atoms with van der Waals surface area (Å²) in [5, 5.41) is 11.6. The fourth-order valence-electron chi connectivity index (χ4n) is 1.98. The number of carboxylic acid groups (broad SMARTS) is 1. The predicted octanol–water partition coefficient (Wildman–Crippen LogP) is 1.29. The number of thiophene rings is 1. The highest BCUT2D eigenvalue weighted by atomic mass is 79.9. The van der Waals surface area contributed by atoms with Crippen molar-refractivity contribution in [1.29, 1.82) is 0 Å². The zero-order chi connectivity index (χ0) is 13.1. The molecule has 0 spiro atoms. The molecule has 0 bridgehead atoms. The predicted molar refractivity (Wildman–Crippen MR) is 71.5 cm³/mol. The maximum atomic E-state index is 11.7. The molecule has 1 aliphatic rings. The first-order valence-corrected chi connectivity index (χ1v) is 7.15. The second-order valence-corrected chi connectivity index (χ2v) is 6.63. The lowest BCUT2D eigenvalue weighted by molar-refractivity contribution is -0.143. The van der Waals surface area contributed by atoms with Crippen LogP contribution in [0.4, 0.5) is 0 Å². The van der Waals surface area contributed by atoms with Crippen molar-refractivity contribution in [3.05, 3.63) is 20.8 Å². The quantitative estimate of drug-likeness (QED) is 0.871. The van der Waals surface area contributed by atoms with E-state index < -0.39 is 12.0 Å². The topological polar surface area (TPSA) is 69.6 Å². The number of hydrogen-bond donors (Lipinski definition) is 2. The Morgan fingerprint density at radius 2 is 2.39 bits per heavy atom. The van der Waals surface area contributed by atoms with Crippen molar-refractivity contribution in [3.63, 3.8) is 0 Å². The van der Waals surface area contributed by atoms with E-state index in [1.165, 1.54) is 0 Å². The fraction of sp³-hybridized carbons (Fsp3) is 0.455. The van der Waals surface area contributed by atoms with Crippen LogP contribution in [0.25, 0.3) is 0 Å². The number of rotatable bonds is 4. The van der Waals surface area contributed by atoms with Gasteiger partial charge in [-0.2, -0.15) is 0 Å². The molecule has 98 valence electrons. The zero-order valence-electron chi connectivity index (χ0n) is 9.56. The van der Waals surface area contributed by atoms with Crippen LogP contribution in [0.2, 0.25) is 0 Å². The van der Waals surface area contributed by atoms with E-state index in [-0.39, 0.29) is 12.3 Å². The second kappa shape index (κ2) is 5.81. The average Bonchev–Trinajstić information content (AvgIpc) is 2.69. The van der Waals surface area contributed by atoms with Gasteiger partial charge in [0.2, 0.25) is 5.91 Å². The van der Waals surface area contributed by atoms with E-state index in [2.05, 4.69) is 21.2 Å². The SMILES string of the molecule is O=C(O)CC1C(=O)NCCN1Cc1ccc(Br)s1. The normalized spacial score (nSPS) is 20.7. The molecule has 1 saturated heterocycles. The third-order valence-electron chi connectivity index (χ3n) is 2.80. The van der Waals surface area contributed by atoms with Crippen LogP contribution in [0.5, 0.6) is 0 Å². The molecule has 0 radical (unpaired) electrons. The van der Waals surface area contributed by atoms with Crippen LogP contribution in [-0.2, 0) is 16.1 Å². The number of hydrogen-bond acceptors (Lipinski definition) is 4. The van der Waals surface area contributed by atoms with Crippen LogP contribution in [0.15, 0.2) is 15.9 Å². The van der Waals surface area contributed by atoms with Gasteiger partial charge in [0.1, 0.15) is 6.04 Å². The molecule has 0 saturated carbocycles. The van der Waals surface area contributed by atoms with Crippen molar-refractivity contribution in [2.75, 3.05) is 13.1 Å². The van der Waals surface area contributed by atoms with Crippen molar-refractivity contribution in [2.45, 2.75) is 19.0 Å². The minimum Gasteiger partial charge on any atom is -0.481 e. The Hall–Kier alpha value is -0.920. The van der Waals surface area contributed by atoms with Gasteiger partial charge in [-0.1, -0.05) is 0 Å². The third kappa shape index (κ3) is 3.30. The first kappa shape index (κ1) is 13.5. The molecule has 1 atom stereocenters. The molecule has 1 aliphatic heterocycles. The van der Waals surface area contributed by atoms with E-state index in [0.29, 0.717) is 19.6 Å². The van der Waals surface area contributed by atoms with E-state index in [4.69, 9.17) is 5.11 Å². The number of carboxylic acids is 1. The Morgan fingerprint density at radius 1 is 1.61 bits per heavy atom. The number of carbonyl (C=O) groups is 2. The van der Waals surface area contributed by atoms with Gasteiger partial charge in [-0.25, -0.2) is 0 Å². The van der Waals surface area contributed by atoms with E-state index in [0.717, 1.165) is 8.66 Å². The molecule has 0 aliphatic carbocycles. The van der Waals surface area contributed by atoms with Crippen LogP contribution in [0.1, 0.15) is 11.3 Å². The Kier molecular flexibility index (Phi) is 4.36. The minimum atomic E-state index is -0.950. The van der Waals surface area contributed by atoms with E-state index in [1.807, 2.05) is 17.0 Å². The van der Waals surface area contributed by atoms with Gasteiger partial charge in [-0.05, 0) is 28.1 Å². The number of piperazine rings is 1. The highest BCUT2D eigenvalue weighted by Gasteiger charge is 2.31. The van der Waals surface area contributed by atoms with Gasteiger partial charge in [-0.15, -0.1) is 11.3 Å². The summed E-state index contributed by atoms with van der Waals surface area (Å²) in [6.45, 7) is 1.86. The van der Waals surface area contributed by atoms with Crippen molar-refractivity contribution in [3.8, 4) is 0 Å². The molecule has 1 aromatic heterocycles. The van der Waals surface area contributed by atoms with Crippen LogP contribution >= 0.6 is 27.3 Å². The molecular weight excluding hydrogens is 320 g/mol. The lowest BCUT2D eigenvalue weighted by atomic mass is 10.1. The Balaban J connectivity index is 2.07. The molecule has 5 nitrogen and oxygen atoms in total. The summed E-state index contributed by atoms with van der Waals surface area (Å²) in [4.78, 5) is 25.6. The lowest BCUT2D eigenvalue weighted by Crippen LogP contribution is -2.55. The molecule has 2 N–H and O–H groups in total. The van der Waals surface area contributed by atoms with Gasteiger partial charge in [0, 0.05) is 24.5 Å². The van der Waals surface area contributed by atoms with Crippen molar-refractivity contribution in [1.82, 2.24) is 10.2 Å². The Labute approximate surface area is 117 Å². The Bertz CT molecular complexity index is 463. The molecule has 1 amide bonds. The zero-order valence-corrected chi connectivity index (χ0v) is 12.0. The summed E-state index contributed by atoms with van der Waals surface area (Å²) in [6.07, 6.45) is -0.154. The largest absolute Gasteiger partial charge is 0.481 e. The highest BCUT2D eigenvalue weighted by molar-refractivity contribution is 9.11. The smallest absolute Gasteiger partial charge is 0.305 e. The molecule has 2 heterocycles. The maximum absolute atomic E-state index is 11.7. The van der Waals surface area contributed by atoms with Crippen molar-refractivity contribution < 1.29 is 14.7 Å². The molecule has 18 heavy (non-hydrogen) atoms. The fourth-order valence-corrected chi connectivity index (χ4v) is 3.48. The van der Waals surface area contributed by atoms with Crippen LogP contribution in [-0.4, -0.2) is 41.0 Å². The molecule has 7 heteroatoms. The standard InChI is InChI=1S/C11H13BrN2O3S/c12-9-2-1-7(18-9)6-14-4-3-13-11(17)8(14)5-10(15)16/h1-2,8H,3-6H2,(H,13,17)(H,15,16). The van der Waals surface area contributed by atoms with Gasteiger partial charge >= 0.3 is 5.97 Å². The third-order valence-corrected chi connectivity index (χ3v) is 4.41. The summed E-state index contributed by atoms with van der Waals surface area (Å²) in [5.41, 5.74) is 0. The number of nitrogens with one attached hydrogen (secondary N) is 1. The highest BCUT2D eigenvalue weighted by Crippen LogP contribution is 2.24. The summed E-state index contributed by atoms with van der Waals surface area (Å²) in [7, 11) is 0. The molecule has 0 aromatic carbocycles. The molecular formula is C11H13BrN2O3S. The van der Waals surface area contributed by atoms with E-state index in [9.17, 15) is 9.59 Å². The van der Waals surface area contributed by atoms with E-state index >= 15 is 0 Å². The first-order chi connectivity index (χ1) is 8.56. The summed E-state index contributed by atoms with van der Waals surface area (Å²) >= 11 is 4.99. The first-order valence-electron chi connectivity index (χ1n) is 5.54. The molecule has 2 rings (SSSR count). The van der Waals surface area contributed by atoms with Gasteiger partial charge in [0.05, 0.1) is 10.2 Å². The summed E-state index contributed by atoms with van der Waals surface area (Å²) in [6, 6.07) is 3.37. The van der Waals surface area contributed by atoms with Crippen molar-refractivity contribution >= 4 is 39.1 Å². The van der Waals surface area contributed by atoms with E-state index in [1.54, 1.807) is 11.3 Å². The van der Waals surface area contributed by atoms with Gasteiger partial charge < -0.3 is 10.4 Å². The number of carbonyl (C=O) groups excluding carboxylic acids is 1. The number of nitrogens with zero attached hydrogens (tertiary/aromatic N) is 1. The number of aliphatic carboxylic acids is 1. The summed E-state index contributed by atoms with van der Waals surface area (Å²) in [5.74, 6) is -1.14. The van der Waals surface area contributed by atoms with Gasteiger partial charge in [0.25, 0.3) is 0 Å². The molecule has 1 aromatic rings. The molecule has 1 fully saturated rings. The Morgan fingerprint density at radius 3 is 3.00 bits per heavy atom. The number of amides is 1. The van der Waals surface area contributed by atoms with Crippen LogP contribution in [0.3, 0.4) is 0 Å². The van der Waals surface area contributed by atoms with Gasteiger partial charge in [0.15, 0.2) is 0 Å². The van der Waals surface area contributed by atoms with Crippen molar-refractivity contribution in [2.24, 2.45) is 0 Å². The summed E-state index contributed by atoms with van der Waals surface area (Å²) < 4.78 is 1.04. The van der Waals surface area contributed by atoms with Crippen LogP contribution in [0, 0.1) is 0 Å². The van der Waals surface area contributed by atoms with Gasteiger partial charge in [-0.3, -0.25) is 14.5 Å². The molecule has 1 unspecified atom stereocenters. The average molecular weight is 333 g/mol. The number of halogens is 1. The monoisotopic (exact) mass is 332 g/mol. The van der Waals surface area contributed by atoms with Crippen LogP contribution < -0.4 is 5.32 Å². The lowest BCUT2D eigenvalue weighted by Gasteiger charge is -2.33. The maximum Gasteiger partial charge on any atom is 0.305 e. The minimum absolute atomic E-state index is 0.154. The second-order valence-electron chi connectivity index (χ2n) is 4.08.